The topological polar surface area (TPSA) is 6.48 Å². The highest BCUT2D eigenvalue weighted by molar-refractivity contribution is 7.03. The minimum absolute atomic E-state index is 0.0411. The first-order valence-corrected chi connectivity index (χ1v) is 21.2. The summed E-state index contributed by atoms with van der Waals surface area (Å²) in [6, 6.07) is 53.8. The zero-order chi connectivity index (χ0) is 40.0. The average molecular weight is 749 g/mol. The summed E-state index contributed by atoms with van der Waals surface area (Å²) in [5, 5.41) is 0. The minimum atomic E-state index is -0.210. The molecule has 58 heavy (non-hydrogen) atoms. The van der Waals surface area contributed by atoms with Gasteiger partial charge in [0.2, 0.25) is 13.4 Å². The number of anilines is 6. The molecular formula is C54H50B2N2. The third kappa shape index (κ3) is 4.87. The van der Waals surface area contributed by atoms with Crippen LogP contribution in [0.25, 0.3) is 22.3 Å². The average Bonchev–Trinajstić information content (AvgIpc) is 3.71. The fourth-order valence-electron chi connectivity index (χ4n) is 10.9. The van der Waals surface area contributed by atoms with E-state index in [9.17, 15) is 0 Å². The molecule has 0 aliphatic carbocycles. The Labute approximate surface area is 345 Å². The zero-order valence-corrected chi connectivity index (χ0v) is 35.3. The molecular weight excluding hydrogens is 698 g/mol. The lowest BCUT2D eigenvalue weighted by Crippen LogP contribution is -2.61. The molecule has 0 radical (unpaired) electrons. The summed E-state index contributed by atoms with van der Waals surface area (Å²) in [5.74, 6) is 0. The van der Waals surface area contributed by atoms with Crippen molar-refractivity contribution in [3.8, 4) is 22.3 Å². The van der Waals surface area contributed by atoms with E-state index in [0.29, 0.717) is 0 Å². The second kappa shape index (κ2) is 11.9. The van der Waals surface area contributed by atoms with E-state index in [1.54, 1.807) is 0 Å². The molecule has 0 amide bonds. The lowest BCUT2D eigenvalue weighted by Gasteiger charge is -2.45. The standard InChI is InChI=1S/C54H50B2N2/c1-52(2,3)33-25-28-36(29-26-33)57-44-23-16-21-39-40-31-34(53(4,5)6)27-30-42(40)56(49(39)44)50-46(57)32-43-51(47(50)54(7,8)9)58(35-17-11-10-12-18-35)45-24-15-20-38-37-19-13-14-22-41(37)55(43)48(38)45/h10-32H,1-9H3. The number of fused-ring (bicyclic) bond motifs is 10. The predicted octanol–water partition coefficient (Wildman–Crippen LogP) is 10.1. The van der Waals surface area contributed by atoms with Crippen molar-refractivity contribution in [1.82, 2.24) is 0 Å². The van der Waals surface area contributed by atoms with Crippen molar-refractivity contribution in [2.24, 2.45) is 0 Å². The van der Waals surface area contributed by atoms with Gasteiger partial charge < -0.3 is 9.80 Å². The summed E-state index contributed by atoms with van der Waals surface area (Å²) >= 11 is 0. The molecule has 0 fully saturated rings. The van der Waals surface area contributed by atoms with Crippen LogP contribution in [0.3, 0.4) is 0 Å². The molecule has 0 N–H and O–H groups in total. The van der Waals surface area contributed by atoms with Crippen molar-refractivity contribution in [1.29, 1.82) is 0 Å². The van der Waals surface area contributed by atoms with Crippen LogP contribution in [0.1, 0.15) is 79.0 Å². The molecule has 282 valence electrons. The molecule has 4 aliphatic heterocycles. The quantitative estimate of drug-likeness (QED) is 0.163. The summed E-state index contributed by atoms with van der Waals surface area (Å²) in [5.41, 5.74) is 25.6. The summed E-state index contributed by atoms with van der Waals surface area (Å²) in [7, 11) is 0. The molecule has 0 saturated carbocycles. The number of nitrogens with zero attached hydrogens (tertiary/aromatic N) is 2. The van der Waals surface area contributed by atoms with E-state index in [0.717, 1.165) is 0 Å². The van der Waals surface area contributed by atoms with E-state index in [1.165, 1.54) is 106 Å². The second-order valence-corrected chi connectivity index (χ2v) is 20.2. The largest absolute Gasteiger partial charge is 0.312 e. The van der Waals surface area contributed by atoms with Crippen LogP contribution in [-0.4, -0.2) is 13.4 Å². The van der Waals surface area contributed by atoms with Crippen LogP contribution in [0.5, 0.6) is 0 Å². The van der Waals surface area contributed by atoms with Crippen molar-refractivity contribution in [2.45, 2.75) is 78.6 Å². The van der Waals surface area contributed by atoms with Crippen molar-refractivity contribution in [3.05, 3.63) is 156 Å². The molecule has 0 bridgehead atoms. The Morgan fingerprint density at radius 2 is 0.914 bits per heavy atom. The molecule has 4 aliphatic rings. The highest BCUT2D eigenvalue weighted by atomic mass is 15.2. The smallest absolute Gasteiger partial charge is 0.248 e. The first-order chi connectivity index (χ1) is 27.7. The zero-order valence-electron chi connectivity index (χ0n) is 35.3. The van der Waals surface area contributed by atoms with Gasteiger partial charge in [-0.15, -0.1) is 0 Å². The molecule has 11 rings (SSSR count). The van der Waals surface area contributed by atoms with Crippen molar-refractivity contribution in [2.75, 3.05) is 9.80 Å². The van der Waals surface area contributed by atoms with Crippen molar-refractivity contribution >= 4 is 80.3 Å². The third-order valence-corrected chi connectivity index (χ3v) is 13.5. The fourth-order valence-corrected chi connectivity index (χ4v) is 10.9. The third-order valence-electron chi connectivity index (χ3n) is 13.5. The monoisotopic (exact) mass is 748 g/mol. The van der Waals surface area contributed by atoms with E-state index in [1.807, 2.05) is 0 Å². The lowest BCUT2D eigenvalue weighted by molar-refractivity contribution is 0.590. The normalized spacial score (nSPS) is 14.5. The maximum Gasteiger partial charge on any atom is 0.248 e. The van der Waals surface area contributed by atoms with Crippen LogP contribution in [0.4, 0.5) is 34.1 Å². The Kier molecular flexibility index (Phi) is 7.28. The van der Waals surface area contributed by atoms with Crippen LogP contribution >= 0.6 is 0 Å². The van der Waals surface area contributed by atoms with Gasteiger partial charge in [-0.25, -0.2) is 0 Å². The predicted molar refractivity (Wildman–Crippen MR) is 252 cm³/mol. The van der Waals surface area contributed by atoms with Gasteiger partial charge in [0.1, 0.15) is 0 Å². The SMILES string of the molecule is CC(C)(C)c1ccc(N2c3cccc4c3B(c3ccc(C(C)(C)C)cc3-4)c3c2cc2c(c3C(C)(C)C)N(c3ccccc3)c3cccc4c3B2c2ccccc2-4)cc1. The van der Waals surface area contributed by atoms with Crippen LogP contribution in [-0.2, 0) is 16.2 Å². The van der Waals surface area contributed by atoms with Gasteiger partial charge in [-0.3, -0.25) is 0 Å². The van der Waals surface area contributed by atoms with Gasteiger partial charge in [-0.05, 0) is 120 Å². The number of rotatable bonds is 2. The molecule has 7 aromatic carbocycles. The number of hydrogen-bond donors (Lipinski definition) is 0. The summed E-state index contributed by atoms with van der Waals surface area (Å²) < 4.78 is 0. The van der Waals surface area contributed by atoms with Gasteiger partial charge in [0, 0.05) is 34.1 Å². The van der Waals surface area contributed by atoms with Gasteiger partial charge in [-0.1, -0.05) is 170 Å². The van der Waals surface area contributed by atoms with Crippen LogP contribution in [0.2, 0.25) is 0 Å². The van der Waals surface area contributed by atoms with Gasteiger partial charge in [0.05, 0.1) is 0 Å². The second-order valence-electron chi connectivity index (χ2n) is 20.2. The van der Waals surface area contributed by atoms with Crippen LogP contribution in [0.15, 0.2) is 140 Å². The first kappa shape index (κ1) is 35.4. The molecule has 2 nitrogen and oxygen atoms in total. The van der Waals surface area contributed by atoms with Gasteiger partial charge in [-0.2, -0.15) is 0 Å². The summed E-state index contributed by atoms with van der Waals surface area (Å²) in [6.45, 7) is 21.5. The minimum Gasteiger partial charge on any atom is -0.312 e. The highest BCUT2D eigenvalue weighted by Crippen LogP contribution is 2.49. The highest BCUT2D eigenvalue weighted by Gasteiger charge is 2.50. The molecule has 4 heteroatoms. The van der Waals surface area contributed by atoms with E-state index >= 15 is 0 Å². The van der Waals surface area contributed by atoms with Gasteiger partial charge in [0.25, 0.3) is 0 Å². The van der Waals surface area contributed by atoms with Gasteiger partial charge >= 0.3 is 0 Å². The maximum atomic E-state index is 2.62. The Morgan fingerprint density at radius 3 is 1.59 bits per heavy atom. The van der Waals surface area contributed by atoms with E-state index in [4.69, 9.17) is 0 Å². The fraction of sp³-hybridized carbons (Fsp3) is 0.222. The maximum absolute atomic E-state index is 2.62. The van der Waals surface area contributed by atoms with Crippen LogP contribution < -0.4 is 42.6 Å². The van der Waals surface area contributed by atoms with Gasteiger partial charge in [0.15, 0.2) is 0 Å². The molecule has 0 spiro atoms. The first-order valence-electron chi connectivity index (χ1n) is 21.2. The molecule has 0 unspecified atom stereocenters. The van der Waals surface area contributed by atoms with Crippen LogP contribution in [0, 0.1) is 0 Å². The van der Waals surface area contributed by atoms with Crippen molar-refractivity contribution < 1.29 is 0 Å². The summed E-state index contributed by atoms with van der Waals surface area (Å²) in [4.78, 5) is 5.25. The van der Waals surface area contributed by atoms with E-state index in [-0.39, 0.29) is 29.7 Å². The number of benzene rings is 7. The lowest BCUT2D eigenvalue weighted by atomic mass is 9.33. The van der Waals surface area contributed by atoms with E-state index in [2.05, 4.69) is 212 Å². The molecule has 0 atom stereocenters. The Balaban J connectivity index is 1.30. The Bertz CT molecular complexity index is 2850. The Hall–Kier alpha value is -5.73. The van der Waals surface area contributed by atoms with Crippen molar-refractivity contribution in [3.63, 3.8) is 0 Å². The van der Waals surface area contributed by atoms with E-state index < -0.39 is 0 Å². The number of para-hydroxylation sites is 1. The number of hydrogen-bond acceptors (Lipinski definition) is 2. The molecule has 4 heterocycles. The molecule has 0 saturated heterocycles. The molecule has 0 aromatic heterocycles. The summed E-state index contributed by atoms with van der Waals surface area (Å²) in [6.07, 6.45) is 0. The Morgan fingerprint density at radius 1 is 0.362 bits per heavy atom. The molecule has 7 aromatic rings.